The molecule has 94 valence electrons. The second-order valence-corrected chi connectivity index (χ2v) is 3.61. The van der Waals surface area contributed by atoms with Crippen molar-refractivity contribution in [3.8, 4) is 11.4 Å². The van der Waals surface area contributed by atoms with E-state index in [9.17, 15) is 9.18 Å². The van der Waals surface area contributed by atoms with Crippen molar-refractivity contribution in [3.63, 3.8) is 0 Å². The Balaban J connectivity index is 2.34. The number of esters is 1. The molecular formula is C12H12FN3O2. The third-order valence-electron chi connectivity index (χ3n) is 2.32. The van der Waals surface area contributed by atoms with Gasteiger partial charge in [0.2, 0.25) is 5.82 Å². The predicted molar refractivity (Wildman–Crippen MR) is 62.4 cm³/mol. The molecule has 0 bridgehead atoms. The smallest absolute Gasteiger partial charge is 0.376 e. The highest BCUT2D eigenvalue weighted by molar-refractivity contribution is 5.86. The van der Waals surface area contributed by atoms with Crippen molar-refractivity contribution >= 4 is 5.97 Å². The molecule has 0 N–H and O–H groups in total. The summed E-state index contributed by atoms with van der Waals surface area (Å²) >= 11 is 0. The number of aryl methyl sites for hydroxylation is 1. The highest BCUT2D eigenvalue weighted by atomic mass is 19.1. The van der Waals surface area contributed by atoms with Gasteiger partial charge < -0.3 is 4.74 Å². The molecule has 1 heterocycles. The molecule has 2 aromatic rings. The van der Waals surface area contributed by atoms with Crippen LogP contribution in [0.3, 0.4) is 0 Å². The molecule has 0 aliphatic rings. The van der Waals surface area contributed by atoms with Crippen molar-refractivity contribution in [1.82, 2.24) is 14.8 Å². The summed E-state index contributed by atoms with van der Waals surface area (Å²) in [6.45, 7) is 1.99. The lowest BCUT2D eigenvalue weighted by molar-refractivity contribution is 0.0506. The Kier molecular flexibility index (Phi) is 3.36. The summed E-state index contributed by atoms with van der Waals surface area (Å²) in [5.74, 6) is -0.377. The van der Waals surface area contributed by atoms with E-state index in [1.54, 1.807) is 26.1 Å². The zero-order chi connectivity index (χ0) is 13.1. The summed E-state index contributed by atoms with van der Waals surface area (Å²) in [7, 11) is 1.60. The summed E-state index contributed by atoms with van der Waals surface area (Å²) in [4.78, 5) is 15.6. The van der Waals surface area contributed by atoms with Gasteiger partial charge in [-0.05, 0) is 31.2 Å². The quantitative estimate of drug-likeness (QED) is 0.778. The Bertz CT molecular complexity index is 563. The van der Waals surface area contributed by atoms with Crippen LogP contribution in [-0.2, 0) is 11.8 Å². The molecule has 0 fully saturated rings. The largest absolute Gasteiger partial charge is 0.460 e. The van der Waals surface area contributed by atoms with E-state index in [0.717, 1.165) is 0 Å². The molecule has 0 amide bonds. The maximum absolute atomic E-state index is 12.8. The second-order valence-electron chi connectivity index (χ2n) is 3.61. The van der Waals surface area contributed by atoms with E-state index in [1.165, 1.54) is 16.8 Å². The molecule has 0 saturated heterocycles. The average molecular weight is 249 g/mol. The molecule has 5 nitrogen and oxygen atoms in total. The molecule has 1 aromatic heterocycles. The van der Waals surface area contributed by atoms with Gasteiger partial charge in [0, 0.05) is 12.6 Å². The van der Waals surface area contributed by atoms with Crippen LogP contribution in [0.5, 0.6) is 0 Å². The Morgan fingerprint density at radius 2 is 2.06 bits per heavy atom. The zero-order valence-electron chi connectivity index (χ0n) is 10.1. The lowest BCUT2D eigenvalue weighted by atomic mass is 10.2. The number of halogens is 1. The SMILES string of the molecule is CCOC(=O)c1nc(-c2ccc(F)cc2)nn1C. The Labute approximate surface area is 103 Å². The molecule has 0 radical (unpaired) electrons. The van der Waals surface area contributed by atoms with Gasteiger partial charge in [0.15, 0.2) is 5.82 Å². The molecule has 0 unspecified atom stereocenters. The average Bonchev–Trinajstić information content (AvgIpc) is 2.72. The monoisotopic (exact) mass is 249 g/mol. The van der Waals surface area contributed by atoms with Crippen LogP contribution in [0, 0.1) is 5.82 Å². The minimum absolute atomic E-state index is 0.121. The van der Waals surface area contributed by atoms with Crippen LogP contribution >= 0.6 is 0 Å². The number of carbonyl (C=O) groups is 1. The molecule has 1 aromatic carbocycles. The number of hydrogen-bond donors (Lipinski definition) is 0. The molecule has 0 saturated carbocycles. The van der Waals surface area contributed by atoms with Crippen molar-refractivity contribution in [2.45, 2.75) is 6.92 Å². The molecule has 18 heavy (non-hydrogen) atoms. The predicted octanol–water partition coefficient (Wildman–Crippen LogP) is 1.80. The van der Waals surface area contributed by atoms with Crippen LogP contribution < -0.4 is 0 Å². The summed E-state index contributed by atoms with van der Waals surface area (Å²) in [6, 6.07) is 5.74. The van der Waals surface area contributed by atoms with Crippen molar-refractivity contribution in [2.24, 2.45) is 7.05 Å². The van der Waals surface area contributed by atoms with Gasteiger partial charge in [-0.15, -0.1) is 0 Å². The van der Waals surface area contributed by atoms with Gasteiger partial charge >= 0.3 is 5.97 Å². The van der Waals surface area contributed by atoms with E-state index in [4.69, 9.17) is 4.74 Å². The molecule has 0 aliphatic carbocycles. The normalized spacial score (nSPS) is 10.4. The number of carbonyl (C=O) groups excluding carboxylic acids is 1. The van der Waals surface area contributed by atoms with E-state index in [0.29, 0.717) is 11.4 Å². The molecule has 0 aliphatic heterocycles. The minimum atomic E-state index is -0.527. The zero-order valence-corrected chi connectivity index (χ0v) is 10.1. The second kappa shape index (κ2) is 4.95. The fourth-order valence-electron chi connectivity index (χ4n) is 1.48. The van der Waals surface area contributed by atoms with Gasteiger partial charge in [0.25, 0.3) is 0 Å². The van der Waals surface area contributed by atoms with Crippen LogP contribution in [0.1, 0.15) is 17.5 Å². The third-order valence-corrected chi connectivity index (χ3v) is 2.32. The van der Waals surface area contributed by atoms with Gasteiger partial charge in [-0.25, -0.2) is 18.9 Å². The fourth-order valence-corrected chi connectivity index (χ4v) is 1.48. The molecular weight excluding hydrogens is 237 g/mol. The van der Waals surface area contributed by atoms with E-state index in [-0.39, 0.29) is 18.2 Å². The Morgan fingerprint density at radius 3 is 2.67 bits per heavy atom. The van der Waals surface area contributed by atoms with Crippen LogP contribution in [-0.4, -0.2) is 27.3 Å². The van der Waals surface area contributed by atoms with Gasteiger partial charge in [-0.3, -0.25) is 0 Å². The van der Waals surface area contributed by atoms with E-state index in [1.807, 2.05) is 0 Å². The van der Waals surface area contributed by atoms with Gasteiger partial charge in [0.05, 0.1) is 6.61 Å². The molecule has 2 rings (SSSR count). The number of rotatable bonds is 3. The van der Waals surface area contributed by atoms with Crippen LogP contribution in [0.2, 0.25) is 0 Å². The summed E-state index contributed by atoms with van der Waals surface area (Å²) in [6.07, 6.45) is 0. The maximum atomic E-state index is 12.8. The van der Waals surface area contributed by atoms with E-state index < -0.39 is 5.97 Å². The Hall–Kier alpha value is -2.24. The molecule has 0 atom stereocenters. The van der Waals surface area contributed by atoms with Crippen molar-refractivity contribution in [2.75, 3.05) is 6.61 Å². The lowest BCUT2D eigenvalue weighted by Crippen LogP contribution is -2.11. The first kappa shape index (κ1) is 12.2. The lowest BCUT2D eigenvalue weighted by Gasteiger charge is -1.98. The van der Waals surface area contributed by atoms with E-state index in [2.05, 4.69) is 10.1 Å². The van der Waals surface area contributed by atoms with Crippen LogP contribution in [0.25, 0.3) is 11.4 Å². The molecule has 6 heteroatoms. The van der Waals surface area contributed by atoms with Gasteiger partial charge in [-0.1, -0.05) is 0 Å². The maximum Gasteiger partial charge on any atom is 0.376 e. The summed E-state index contributed by atoms with van der Waals surface area (Å²) in [5, 5.41) is 4.10. The number of benzene rings is 1. The fraction of sp³-hybridized carbons (Fsp3) is 0.250. The highest BCUT2D eigenvalue weighted by Gasteiger charge is 2.17. The number of hydrogen-bond acceptors (Lipinski definition) is 4. The summed E-state index contributed by atoms with van der Waals surface area (Å²) < 4.78 is 19.0. The van der Waals surface area contributed by atoms with Crippen molar-refractivity contribution in [1.29, 1.82) is 0 Å². The minimum Gasteiger partial charge on any atom is -0.460 e. The van der Waals surface area contributed by atoms with Crippen molar-refractivity contribution in [3.05, 3.63) is 35.9 Å². The van der Waals surface area contributed by atoms with Crippen LogP contribution in [0.15, 0.2) is 24.3 Å². The number of nitrogens with zero attached hydrogens (tertiary/aromatic N) is 3. The molecule has 0 spiro atoms. The van der Waals surface area contributed by atoms with Crippen LogP contribution in [0.4, 0.5) is 4.39 Å². The van der Waals surface area contributed by atoms with Gasteiger partial charge in [0.1, 0.15) is 5.82 Å². The first-order valence-electron chi connectivity index (χ1n) is 5.46. The summed E-state index contributed by atoms with van der Waals surface area (Å²) in [5.41, 5.74) is 0.641. The first-order valence-corrected chi connectivity index (χ1v) is 5.46. The standard InChI is InChI=1S/C12H12FN3O2/c1-3-18-12(17)11-14-10(15-16(11)2)8-4-6-9(13)7-5-8/h4-7H,3H2,1-2H3. The Morgan fingerprint density at radius 1 is 1.39 bits per heavy atom. The van der Waals surface area contributed by atoms with E-state index >= 15 is 0 Å². The number of aromatic nitrogens is 3. The van der Waals surface area contributed by atoms with Gasteiger partial charge in [-0.2, -0.15) is 5.10 Å². The topological polar surface area (TPSA) is 57.0 Å². The third kappa shape index (κ3) is 2.37. The van der Waals surface area contributed by atoms with Crippen molar-refractivity contribution < 1.29 is 13.9 Å². The highest BCUT2D eigenvalue weighted by Crippen LogP contribution is 2.16. The number of ether oxygens (including phenoxy) is 1. The first-order chi connectivity index (χ1) is 8.61.